The summed E-state index contributed by atoms with van der Waals surface area (Å²) < 4.78 is 6.85. The number of hydrogen-bond donors (Lipinski definition) is 2. The topological polar surface area (TPSA) is 128 Å². The molecule has 0 aliphatic rings. The number of carbonyl (C=O) groups excluding carboxylic acids is 2. The number of pyridine rings is 2. The van der Waals surface area contributed by atoms with Gasteiger partial charge in [-0.15, -0.1) is 0 Å². The number of rotatable bonds is 9. The number of carboxylic acids is 1. The van der Waals surface area contributed by atoms with Gasteiger partial charge in [-0.25, -0.2) is 4.79 Å². The first kappa shape index (κ1) is 27.3. The lowest BCUT2D eigenvalue weighted by Gasteiger charge is -2.22. The number of aromatic carboxylic acids is 1. The Bertz CT molecular complexity index is 1600. The van der Waals surface area contributed by atoms with Crippen LogP contribution in [0.1, 0.15) is 39.2 Å². The molecule has 39 heavy (non-hydrogen) atoms. The number of nitrogens with one attached hydrogen (secondary N) is 1. The number of halogens is 1. The molecule has 2 aromatic heterocycles. The van der Waals surface area contributed by atoms with Crippen LogP contribution in [0.15, 0.2) is 84.0 Å². The van der Waals surface area contributed by atoms with Gasteiger partial charge < -0.3 is 15.2 Å². The number of carbonyl (C=O) groups is 3. The van der Waals surface area contributed by atoms with E-state index in [0.29, 0.717) is 33.0 Å². The summed E-state index contributed by atoms with van der Waals surface area (Å²) in [5.74, 6) is -1.55. The van der Waals surface area contributed by atoms with Crippen LogP contribution in [-0.4, -0.2) is 39.4 Å². The van der Waals surface area contributed by atoms with E-state index in [1.165, 1.54) is 55.1 Å². The zero-order chi connectivity index (χ0) is 28.1. The molecule has 4 rings (SSSR count). The molecule has 1 atom stereocenters. The second-order valence-electron chi connectivity index (χ2n) is 8.70. The molecule has 0 bridgehead atoms. The predicted molar refractivity (Wildman–Crippen MR) is 147 cm³/mol. The van der Waals surface area contributed by atoms with E-state index in [9.17, 15) is 19.2 Å². The van der Waals surface area contributed by atoms with Gasteiger partial charge in [0.1, 0.15) is 11.8 Å². The number of aromatic nitrogens is 2. The van der Waals surface area contributed by atoms with Crippen molar-refractivity contribution in [3.8, 4) is 16.9 Å². The second kappa shape index (κ2) is 11.7. The van der Waals surface area contributed by atoms with Crippen molar-refractivity contribution in [2.75, 3.05) is 12.4 Å². The van der Waals surface area contributed by atoms with E-state index >= 15 is 0 Å². The first-order valence-electron chi connectivity index (χ1n) is 11.8. The molecule has 1 amide bonds. The van der Waals surface area contributed by atoms with Crippen molar-refractivity contribution in [3.63, 3.8) is 0 Å². The van der Waals surface area contributed by atoms with E-state index in [4.69, 9.17) is 21.4 Å². The maximum atomic E-state index is 13.5. The maximum absolute atomic E-state index is 13.5. The number of carboxylic acid groups (broad SMARTS) is 1. The lowest BCUT2D eigenvalue weighted by molar-refractivity contribution is -0.119. The molecule has 0 aliphatic heterocycles. The fourth-order valence-electron chi connectivity index (χ4n) is 4.17. The summed E-state index contributed by atoms with van der Waals surface area (Å²) in [7, 11) is 1.42. The highest BCUT2D eigenvalue weighted by Gasteiger charge is 2.25. The van der Waals surface area contributed by atoms with E-state index in [-0.39, 0.29) is 23.5 Å². The normalized spacial score (nSPS) is 11.5. The fraction of sp³-hybridized carbons (Fsp3) is 0.138. The molecule has 0 aliphatic carbocycles. The number of amides is 1. The van der Waals surface area contributed by atoms with E-state index in [2.05, 4.69) is 10.3 Å². The van der Waals surface area contributed by atoms with Crippen LogP contribution in [0.2, 0.25) is 5.02 Å². The van der Waals surface area contributed by atoms with Gasteiger partial charge in [-0.1, -0.05) is 17.7 Å². The summed E-state index contributed by atoms with van der Waals surface area (Å²) in [6.45, 7) is 1.41. The van der Waals surface area contributed by atoms with E-state index in [1.54, 1.807) is 42.7 Å². The minimum Gasteiger partial charge on any atom is -0.495 e. The summed E-state index contributed by atoms with van der Waals surface area (Å²) in [5.41, 5.74) is 1.79. The number of Topliss-reactive ketones (excluding diaryl/α,β-unsaturated/α-hetero) is 1. The lowest BCUT2D eigenvalue weighted by atomic mass is 9.97. The molecule has 0 radical (unpaired) electrons. The van der Waals surface area contributed by atoms with Crippen molar-refractivity contribution in [1.29, 1.82) is 0 Å². The molecule has 198 valence electrons. The third-order valence-corrected chi connectivity index (χ3v) is 6.34. The Kier molecular flexibility index (Phi) is 8.21. The van der Waals surface area contributed by atoms with Crippen molar-refractivity contribution in [3.05, 3.63) is 111 Å². The molecule has 0 saturated heterocycles. The van der Waals surface area contributed by atoms with Gasteiger partial charge in [0.25, 0.3) is 5.56 Å². The Morgan fingerprint density at radius 1 is 1.08 bits per heavy atom. The van der Waals surface area contributed by atoms with E-state index < -0.39 is 23.5 Å². The summed E-state index contributed by atoms with van der Waals surface area (Å²) >= 11 is 6.20. The highest BCUT2D eigenvalue weighted by Crippen LogP contribution is 2.34. The maximum Gasteiger partial charge on any atom is 0.335 e. The summed E-state index contributed by atoms with van der Waals surface area (Å²) in [6.07, 6.45) is 4.76. The Morgan fingerprint density at radius 2 is 1.82 bits per heavy atom. The third kappa shape index (κ3) is 6.22. The van der Waals surface area contributed by atoms with Gasteiger partial charge in [0.15, 0.2) is 5.78 Å². The molecule has 2 N–H and O–H groups in total. The third-order valence-electron chi connectivity index (χ3n) is 6.10. The van der Waals surface area contributed by atoms with Crippen LogP contribution in [0.3, 0.4) is 0 Å². The standard InChI is InChI=1S/C29H24ClN3O6/c1-17(34)22-10-7-20(30)13-23(22)24-14-27(35)33(16-26(24)39-2)25(12-18-4-3-11-31-15-18)28(36)32-21-8-5-19(6-9-21)29(37)38/h3-11,13-16,25H,12H2,1-2H3,(H,32,36)(H,37,38). The van der Waals surface area contributed by atoms with Crippen LogP contribution >= 0.6 is 11.6 Å². The van der Waals surface area contributed by atoms with Crippen molar-refractivity contribution < 1.29 is 24.2 Å². The number of ketones is 1. The van der Waals surface area contributed by atoms with Gasteiger partial charge in [0.2, 0.25) is 5.91 Å². The molecular formula is C29H24ClN3O6. The van der Waals surface area contributed by atoms with Crippen molar-refractivity contribution >= 4 is 34.9 Å². The van der Waals surface area contributed by atoms with Gasteiger partial charge in [-0.3, -0.25) is 23.9 Å². The van der Waals surface area contributed by atoms with Crippen LogP contribution in [-0.2, 0) is 11.2 Å². The van der Waals surface area contributed by atoms with Crippen molar-refractivity contribution in [2.24, 2.45) is 0 Å². The van der Waals surface area contributed by atoms with Gasteiger partial charge >= 0.3 is 5.97 Å². The molecule has 0 saturated carbocycles. The number of methoxy groups -OCH3 is 1. The molecule has 9 nitrogen and oxygen atoms in total. The predicted octanol–water partition coefficient (Wildman–Crippen LogP) is 4.90. The zero-order valence-corrected chi connectivity index (χ0v) is 21.8. The summed E-state index contributed by atoms with van der Waals surface area (Å²) in [6, 6.07) is 14.2. The molecule has 2 heterocycles. The molecular weight excluding hydrogens is 522 g/mol. The quantitative estimate of drug-likeness (QED) is 0.286. The first-order chi connectivity index (χ1) is 18.7. The lowest BCUT2D eigenvalue weighted by Crippen LogP contribution is -2.34. The molecule has 0 fully saturated rings. The Labute approximate surface area is 228 Å². The van der Waals surface area contributed by atoms with Gasteiger partial charge in [0.05, 0.1) is 18.9 Å². The molecule has 2 aromatic carbocycles. The van der Waals surface area contributed by atoms with Crippen LogP contribution < -0.4 is 15.6 Å². The zero-order valence-electron chi connectivity index (χ0n) is 21.1. The number of nitrogens with zero attached hydrogens (tertiary/aromatic N) is 2. The monoisotopic (exact) mass is 545 g/mol. The molecule has 0 spiro atoms. The first-order valence-corrected chi connectivity index (χ1v) is 12.2. The SMILES string of the molecule is COc1cn(C(Cc2cccnc2)C(=O)Nc2ccc(C(=O)O)cc2)c(=O)cc1-c1cc(Cl)ccc1C(C)=O. The van der Waals surface area contributed by atoms with Crippen LogP contribution in [0.25, 0.3) is 11.1 Å². The molecule has 4 aromatic rings. The summed E-state index contributed by atoms with van der Waals surface area (Å²) in [5, 5.41) is 12.3. The largest absolute Gasteiger partial charge is 0.495 e. The molecule has 1 unspecified atom stereocenters. The Hall–Kier alpha value is -4.76. The molecule has 10 heteroatoms. The highest BCUT2D eigenvalue weighted by molar-refractivity contribution is 6.31. The van der Waals surface area contributed by atoms with E-state index in [0.717, 1.165) is 0 Å². The van der Waals surface area contributed by atoms with Gasteiger partial charge in [0, 0.05) is 46.7 Å². The van der Waals surface area contributed by atoms with Gasteiger partial charge in [-0.05, 0) is 66.6 Å². The number of anilines is 1. The van der Waals surface area contributed by atoms with Crippen LogP contribution in [0.4, 0.5) is 5.69 Å². The van der Waals surface area contributed by atoms with Crippen molar-refractivity contribution in [2.45, 2.75) is 19.4 Å². The number of hydrogen-bond acceptors (Lipinski definition) is 6. The minimum absolute atomic E-state index is 0.0717. The van der Waals surface area contributed by atoms with Crippen molar-refractivity contribution in [1.82, 2.24) is 9.55 Å². The fourth-order valence-corrected chi connectivity index (χ4v) is 4.34. The number of benzene rings is 2. The summed E-state index contributed by atoms with van der Waals surface area (Å²) in [4.78, 5) is 54.5. The average Bonchev–Trinajstić information content (AvgIpc) is 2.92. The Balaban J connectivity index is 1.79. The van der Waals surface area contributed by atoms with E-state index in [1.807, 2.05) is 0 Å². The van der Waals surface area contributed by atoms with Crippen LogP contribution in [0, 0.1) is 0 Å². The smallest absolute Gasteiger partial charge is 0.335 e. The number of ether oxygens (including phenoxy) is 1. The van der Waals surface area contributed by atoms with Gasteiger partial charge in [-0.2, -0.15) is 0 Å². The highest BCUT2D eigenvalue weighted by atomic mass is 35.5. The van der Waals surface area contributed by atoms with Crippen LogP contribution in [0.5, 0.6) is 5.75 Å². The minimum atomic E-state index is -1.09. The second-order valence-corrected chi connectivity index (χ2v) is 9.14. The average molecular weight is 546 g/mol. The Morgan fingerprint density at radius 3 is 2.44 bits per heavy atom.